The van der Waals surface area contributed by atoms with Gasteiger partial charge in [-0.25, -0.2) is 0 Å². The smallest absolute Gasteiger partial charge is 0.135 e. The fraction of sp³-hybridized carbons (Fsp3) is 0. The molecule has 0 aliphatic rings. The van der Waals surface area contributed by atoms with E-state index in [1.54, 1.807) is 12.1 Å². The quantitative estimate of drug-likeness (QED) is 0.197. The van der Waals surface area contributed by atoms with Crippen molar-refractivity contribution in [2.45, 2.75) is 0 Å². The Kier molecular flexibility index (Phi) is 3.41. The van der Waals surface area contributed by atoms with E-state index in [2.05, 4.69) is 12.1 Å². The van der Waals surface area contributed by atoms with Gasteiger partial charge >= 0.3 is 0 Å². The van der Waals surface area contributed by atoms with E-state index in [0.29, 0.717) is 27.1 Å². The summed E-state index contributed by atoms with van der Waals surface area (Å²) in [5, 5.41) is 3.78. The lowest BCUT2D eigenvalue weighted by atomic mass is 9.85. The zero-order valence-electron chi connectivity index (χ0n) is 33.6. The van der Waals surface area contributed by atoms with Crippen LogP contribution in [0.1, 0.15) is 15.1 Å². The van der Waals surface area contributed by atoms with Gasteiger partial charge in [0, 0.05) is 10.8 Å². The highest BCUT2D eigenvalue weighted by atomic mass is 16.3. The average Bonchev–Trinajstić information content (AvgIpc) is 3.58. The lowest BCUT2D eigenvalue weighted by Crippen LogP contribution is -1.91. The van der Waals surface area contributed by atoms with Crippen LogP contribution in [0.3, 0.4) is 0 Å². The third-order valence-electron chi connectivity index (χ3n) is 8.06. The Morgan fingerprint density at radius 3 is 1.79 bits per heavy atom. The molecule has 0 atom stereocenters. The zero-order chi connectivity index (χ0) is 37.9. The second-order valence-corrected chi connectivity index (χ2v) is 10.5. The number of furan rings is 1. The van der Waals surface area contributed by atoms with Gasteiger partial charge in [-0.2, -0.15) is 0 Å². The molecule has 1 nitrogen and oxygen atoms in total. The number of benzene rings is 8. The van der Waals surface area contributed by atoms with Gasteiger partial charge in [-0.3, -0.25) is 0 Å². The van der Waals surface area contributed by atoms with Crippen molar-refractivity contribution in [3.63, 3.8) is 0 Å². The molecule has 0 aliphatic carbocycles. The van der Waals surface area contributed by atoms with Crippen LogP contribution in [0.15, 0.2) is 162 Å². The normalized spacial score (nSPS) is 15.3. The number of rotatable bonds is 3. The summed E-state index contributed by atoms with van der Waals surface area (Å²) in [7, 11) is 0. The summed E-state index contributed by atoms with van der Waals surface area (Å²) in [6.07, 6.45) is 0. The van der Waals surface area contributed by atoms with Gasteiger partial charge in [0.1, 0.15) is 11.2 Å². The second-order valence-electron chi connectivity index (χ2n) is 10.5. The molecule has 0 bridgehead atoms. The Morgan fingerprint density at radius 2 is 1.02 bits per heavy atom. The van der Waals surface area contributed by atoms with Gasteiger partial charge in [0.25, 0.3) is 0 Å². The molecule has 8 aromatic carbocycles. The average molecular weight is 558 g/mol. The number of fused-ring (bicyclic) bond motifs is 6. The molecule has 0 fully saturated rings. The van der Waals surface area contributed by atoms with Crippen LogP contribution in [0.25, 0.3) is 87.6 Å². The molecule has 0 spiro atoms. The van der Waals surface area contributed by atoms with Crippen LogP contribution >= 0.6 is 0 Å². The maximum atomic E-state index is 9.56. The van der Waals surface area contributed by atoms with Gasteiger partial charge in [0.05, 0.1) is 15.1 Å². The molecule has 200 valence electrons. The first-order valence-corrected chi connectivity index (χ1v) is 13.9. The first-order valence-electron chi connectivity index (χ1n) is 19.4. The number of hydrogen-bond donors (Lipinski definition) is 0. The number of para-hydroxylation sites is 1. The largest absolute Gasteiger partial charge is 0.456 e. The van der Waals surface area contributed by atoms with Crippen molar-refractivity contribution in [1.82, 2.24) is 0 Å². The van der Waals surface area contributed by atoms with Crippen molar-refractivity contribution in [2.24, 2.45) is 0 Å². The summed E-state index contributed by atoms with van der Waals surface area (Å²) in [6.45, 7) is 0. The van der Waals surface area contributed by atoms with Crippen molar-refractivity contribution in [2.75, 3.05) is 0 Å². The lowest BCUT2D eigenvalue weighted by Gasteiger charge is -2.18. The van der Waals surface area contributed by atoms with E-state index in [1.165, 1.54) is 12.1 Å². The molecule has 0 saturated carbocycles. The van der Waals surface area contributed by atoms with Crippen LogP contribution in [0, 0.1) is 0 Å². The van der Waals surface area contributed by atoms with E-state index in [-0.39, 0.29) is 63.3 Å². The molecule has 0 unspecified atom stereocenters. The van der Waals surface area contributed by atoms with Crippen LogP contribution in [-0.2, 0) is 0 Å². The Hall–Kier alpha value is -5.66. The molecule has 43 heavy (non-hydrogen) atoms. The van der Waals surface area contributed by atoms with Crippen molar-refractivity contribution in [1.29, 1.82) is 0 Å². The van der Waals surface area contributed by atoms with Crippen molar-refractivity contribution >= 4 is 54.3 Å². The van der Waals surface area contributed by atoms with Gasteiger partial charge in [-0.15, -0.1) is 0 Å². The molecule has 1 heterocycles. The summed E-state index contributed by atoms with van der Waals surface area (Å²) >= 11 is 0. The van der Waals surface area contributed by atoms with E-state index in [4.69, 9.17) is 16.8 Å². The summed E-state index contributed by atoms with van der Waals surface area (Å²) in [4.78, 5) is 0. The minimum absolute atomic E-state index is 0.0621. The lowest BCUT2D eigenvalue weighted by molar-refractivity contribution is 0.669. The van der Waals surface area contributed by atoms with Gasteiger partial charge < -0.3 is 4.42 Å². The molecule has 0 N–H and O–H groups in total. The van der Waals surface area contributed by atoms with Gasteiger partial charge in [0.2, 0.25) is 0 Å². The molecule has 1 aromatic heterocycles. The maximum absolute atomic E-state index is 9.56. The first kappa shape index (κ1) is 15.5. The topological polar surface area (TPSA) is 13.1 Å². The highest BCUT2D eigenvalue weighted by Crippen LogP contribution is 2.45. The molecule has 0 saturated heterocycles. The van der Waals surface area contributed by atoms with E-state index >= 15 is 0 Å². The highest BCUT2D eigenvalue weighted by molar-refractivity contribution is 6.22. The second kappa shape index (κ2) is 9.44. The third-order valence-corrected chi connectivity index (χ3v) is 8.06. The van der Waals surface area contributed by atoms with Crippen molar-refractivity contribution in [3.05, 3.63) is 157 Å². The van der Waals surface area contributed by atoms with Gasteiger partial charge in [-0.05, 0) is 96.0 Å². The molecule has 1 heteroatoms. The van der Waals surface area contributed by atoms with Crippen LogP contribution in [0.5, 0.6) is 0 Å². The third kappa shape index (κ3) is 3.79. The predicted molar refractivity (Wildman–Crippen MR) is 183 cm³/mol. The Bertz CT molecular complexity index is 3060. The van der Waals surface area contributed by atoms with Crippen LogP contribution < -0.4 is 0 Å². The Balaban J connectivity index is 1.43. The zero-order valence-corrected chi connectivity index (χ0v) is 22.6. The van der Waals surface area contributed by atoms with Gasteiger partial charge in [-0.1, -0.05) is 127 Å². The summed E-state index contributed by atoms with van der Waals surface area (Å²) in [6, 6.07) is 24.6. The van der Waals surface area contributed by atoms with Crippen LogP contribution in [-0.4, -0.2) is 0 Å². The fourth-order valence-corrected chi connectivity index (χ4v) is 6.12. The van der Waals surface area contributed by atoms with Crippen molar-refractivity contribution in [3.8, 4) is 33.4 Å². The monoisotopic (exact) mass is 557 g/mol. The standard InChI is InChI=1S/C42H26O/c1-2-11-28-24-30(21-20-27(28)10-1)29-12-9-13-31(25-29)41-34-15-3-5-17-36(34)42(37-18-6-4-16-35(37)41)32-22-23-40-38(26-32)33-14-7-8-19-39(33)43-40/h1-26H/i3D,4D,5D,6D,7D,8D,14D,19D,22D,23D,26D. The molecule has 9 aromatic rings. The van der Waals surface area contributed by atoms with E-state index < -0.39 is 36.3 Å². The summed E-state index contributed by atoms with van der Waals surface area (Å²) in [5.74, 6) is 0. The van der Waals surface area contributed by atoms with E-state index in [1.807, 2.05) is 54.6 Å². The molecule has 0 radical (unpaired) electrons. The SMILES string of the molecule is [2H]c1cc2c(-c3cccc(-c4ccc5ccccc5c4)c3)c3cc([2H])c([2H])cc3c(-c3c([2H])c([2H])c4oc5c([2H])c([2H])c([2H])c([2H])c5c4c3[2H])c2cc1[2H]. The molecule has 9 rings (SSSR count). The van der Waals surface area contributed by atoms with E-state index in [0.717, 1.165) is 27.5 Å². The van der Waals surface area contributed by atoms with Crippen molar-refractivity contribution < 1.29 is 19.5 Å². The molecule has 0 aliphatic heterocycles. The first-order chi connectivity index (χ1) is 25.8. The molecule has 0 amide bonds. The van der Waals surface area contributed by atoms with Crippen LogP contribution in [0.2, 0.25) is 0 Å². The van der Waals surface area contributed by atoms with Gasteiger partial charge in [0.15, 0.2) is 0 Å². The molecular weight excluding hydrogens is 520 g/mol. The maximum Gasteiger partial charge on any atom is 0.135 e. The fourth-order valence-electron chi connectivity index (χ4n) is 6.12. The van der Waals surface area contributed by atoms with E-state index in [9.17, 15) is 2.74 Å². The highest BCUT2D eigenvalue weighted by Gasteiger charge is 2.18. The Morgan fingerprint density at radius 1 is 0.395 bits per heavy atom. The number of hydrogen-bond acceptors (Lipinski definition) is 1. The minimum atomic E-state index is -0.535. The van der Waals surface area contributed by atoms with Crippen LogP contribution in [0.4, 0.5) is 0 Å². The summed E-state index contributed by atoms with van der Waals surface area (Å²) in [5.41, 5.74) is 2.96. The summed E-state index contributed by atoms with van der Waals surface area (Å²) < 4.78 is 102. The predicted octanol–water partition coefficient (Wildman–Crippen LogP) is 12.0. The molecular formula is C42H26O. The Labute approximate surface area is 264 Å². The minimum Gasteiger partial charge on any atom is -0.456 e.